The quantitative estimate of drug-likeness (QED) is 0.794. The lowest BCUT2D eigenvalue weighted by Gasteiger charge is -2.39. The standard InChI is InChI=1S/C17H25N/c1-12-7-8-13-9-10-16(18)17(15(13)11-12)14-5-3-2-4-6-14/h7-8,11,14,16-17H,2-6,9-10,18H2,1H3. The Balaban J connectivity index is 1.95. The Bertz CT molecular complexity index is 418. The molecule has 0 saturated heterocycles. The van der Waals surface area contributed by atoms with E-state index in [4.69, 9.17) is 5.73 Å². The van der Waals surface area contributed by atoms with Gasteiger partial charge in [-0.2, -0.15) is 0 Å². The summed E-state index contributed by atoms with van der Waals surface area (Å²) in [6.07, 6.45) is 9.40. The van der Waals surface area contributed by atoms with E-state index in [0.717, 1.165) is 5.92 Å². The third kappa shape index (κ3) is 2.21. The van der Waals surface area contributed by atoms with Gasteiger partial charge in [-0.3, -0.25) is 0 Å². The maximum atomic E-state index is 6.47. The molecule has 2 aliphatic carbocycles. The third-order valence-electron chi connectivity index (χ3n) is 5.03. The Kier molecular flexibility index (Phi) is 3.43. The van der Waals surface area contributed by atoms with Gasteiger partial charge in [0.05, 0.1) is 0 Å². The van der Waals surface area contributed by atoms with Crippen molar-refractivity contribution in [3.8, 4) is 0 Å². The van der Waals surface area contributed by atoms with Crippen LogP contribution in [0.2, 0.25) is 0 Å². The van der Waals surface area contributed by atoms with Gasteiger partial charge in [0.25, 0.3) is 0 Å². The van der Waals surface area contributed by atoms with Gasteiger partial charge < -0.3 is 5.73 Å². The molecule has 98 valence electrons. The van der Waals surface area contributed by atoms with Crippen molar-refractivity contribution >= 4 is 0 Å². The fourth-order valence-electron chi connectivity index (χ4n) is 4.08. The van der Waals surface area contributed by atoms with Crippen molar-refractivity contribution in [1.82, 2.24) is 0 Å². The molecular weight excluding hydrogens is 218 g/mol. The van der Waals surface area contributed by atoms with Crippen LogP contribution in [0.1, 0.15) is 61.1 Å². The number of hydrogen-bond donors (Lipinski definition) is 1. The average molecular weight is 243 g/mol. The van der Waals surface area contributed by atoms with Crippen LogP contribution < -0.4 is 5.73 Å². The molecule has 0 spiro atoms. The second-order valence-electron chi connectivity index (χ2n) is 6.33. The van der Waals surface area contributed by atoms with Gasteiger partial charge in [0.2, 0.25) is 0 Å². The number of aryl methyl sites for hydroxylation is 2. The summed E-state index contributed by atoms with van der Waals surface area (Å²) in [6.45, 7) is 2.21. The summed E-state index contributed by atoms with van der Waals surface area (Å²) in [7, 11) is 0. The zero-order valence-corrected chi connectivity index (χ0v) is 11.5. The van der Waals surface area contributed by atoms with Gasteiger partial charge in [-0.15, -0.1) is 0 Å². The van der Waals surface area contributed by atoms with Crippen molar-refractivity contribution in [2.24, 2.45) is 11.7 Å². The lowest BCUT2D eigenvalue weighted by molar-refractivity contribution is 0.262. The molecule has 0 bridgehead atoms. The zero-order valence-electron chi connectivity index (χ0n) is 11.5. The fraction of sp³-hybridized carbons (Fsp3) is 0.647. The molecule has 18 heavy (non-hydrogen) atoms. The summed E-state index contributed by atoms with van der Waals surface area (Å²) < 4.78 is 0. The zero-order chi connectivity index (χ0) is 12.5. The number of rotatable bonds is 1. The first kappa shape index (κ1) is 12.2. The summed E-state index contributed by atoms with van der Waals surface area (Å²) >= 11 is 0. The first-order valence-corrected chi connectivity index (χ1v) is 7.61. The summed E-state index contributed by atoms with van der Waals surface area (Å²) in [5.74, 6) is 1.48. The first-order valence-electron chi connectivity index (χ1n) is 7.61. The van der Waals surface area contributed by atoms with Crippen LogP contribution in [-0.4, -0.2) is 6.04 Å². The minimum Gasteiger partial charge on any atom is -0.327 e. The van der Waals surface area contributed by atoms with Crippen LogP contribution in [0.3, 0.4) is 0 Å². The second kappa shape index (κ2) is 5.05. The molecule has 0 radical (unpaired) electrons. The van der Waals surface area contributed by atoms with Gasteiger partial charge in [0, 0.05) is 12.0 Å². The molecule has 2 N–H and O–H groups in total. The minimum absolute atomic E-state index is 0.391. The predicted octanol–water partition coefficient (Wildman–Crippen LogP) is 3.93. The van der Waals surface area contributed by atoms with Gasteiger partial charge in [-0.1, -0.05) is 43.0 Å². The molecule has 3 rings (SSSR count). The Labute approximate surface area is 111 Å². The average Bonchev–Trinajstić information content (AvgIpc) is 2.39. The molecule has 1 aromatic carbocycles. The van der Waals surface area contributed by atoms with Gasteiger partial charge in [-0.25, -0.2) is 0 Å². The van der Waals surface area contributed by atoms with E-state index in [9.17, 15) is 0 Å². The topological polar surface area (TPSA) is 26.0 Å². The molecule has 0 aliphatic heterocycles. The van der Waals surface area contributed by atoms with Crippen LogP contribution >= 0.6 is 0 Å². The number of fused-ring (bicyclic) bond motifs is 1. The Morgan fingerprint density at radius 3 is 2.61 bits per heavy atom. The molecule has 1 fully saturated rings. The Hall–Kier alpha value is -0.820. The first-order chi connectivity index (χ1) is 8.75. The van der Waals surface area contributed by atoms with Gasteiger partial charge in [0.1, 0.15) is 0 Å². The van der Waals surface area contributed by atoms with E-state index in [1.165, 1.54) is 50.5 Å². The highest BCUT2D eigenvalue weighted by molar-refractivity contribution is 5.38. The van der Waals surface area contributed by atoms with E-state index < -0.39 is 0 Å². The van der Waals surface area contributed by atoms with Gasteiger partial charge >= 0.3 is 0 Å². The monoisotopic (exact) mass is 243 g/mol. The van der Waals surface area contributed by atoms with Crippen LogP contribution in [-0.2, 0) is 6.42 Å². The van der Waals surface area contributed by atoms with E-state index in [1.54, 1.807) is 11.1 Å². The number of nitrogens with two attached hydrogens (primary N) is 1. The SMILES string of the molecule is Cc1ccc2c(c1)C(C1CCCCC1)C(N)CC2. The highest BCUT2D eigenvalue weighted by Gasteiger charge is 2.33. The molecule has 0 aromatic heterocycles. The highest BCUT2D eigenvalue weighted by Crippen LogP contribution is 2.42. The summed E-state index contributed by atoms with van der Waals surface area (Å²) in [4.78, 5) is 0. The maximum absolute atomic E-state index is 6.47. The molecule has 1 heteroatoms. The normalized spacial score (nSPS) is 29.0. The van der Waals surface area contributed by atoms with Crippen LogP contribution in [0, 0.1) is 12.8 Å². The number of hydrogen-bond acceptors (Lipinski definition) is 1. The molecule has 2 atom stereocenters. The molecule has 2 aliphatic rings. The highest BCUT2D eigenvalue weighted by atomic mass is 14.7. The summed E-state index contributed by atoms with van der Waals surface area (Å²) in [5.41, 5.74) is 11.0. The van der Waals surface area contributed by atoms with Crippen molar-refractivity contribution < 1.29 is 0 Å². The molecule has 0 heterocycles. The lowest BCUT2D eigenvalue weighted by Crippen LogP contribution is -2.38. The van der Waals surface area contributed by atoms with Crippen molar-refractivity contribution in [1.29, 1.82) is 0 Å². The third-order valence-corrected chi connectivity index (χ3v) is 5.03. The van der Waals surface area contributed by atoms with Gasteiger partial charge in [-0.05, 0) is 49.7 Å². The predicted molar refractivity (Wildman–Crippen MR) is 76.8 cm³/mol. The fourth-order valence-corrected chi connectivity index (χ4v) is 4.08. The second-order valence-corrected chi connectivity index (χ2v) is 6.33. The molecule has 2 unspecified atom stereocenters. The van der Waals surface area contributed by atoms with E-state index in [1.807, 2.05) is 0 Å². The van der Waals surface area contributed by atoms with E-state index in [2.05, 4.69) is 25.1 Å². The minimum atomic E-state index is 0.391. The smallest absolute Gasteiger partial charge is 0.0114 e. The van der Waals surface area contributed by atoms with E-state index >= 15 is 0 Å². The van der Waals surface area contributed by atoms with Crippen molar-refractivity contribution in [3.63, 3.8) is 0 Å². The van der Waals surface area contributed by atoms with Crippen LogP contribution in [0.5, 0.6) is 0 Å². The van der Waals surface area contributed by atoms with Crippen LogP contribution in [0.15, 0.2) is 18.2 Å². The largest absolute Gasteiger partial charge is 0.327 e. The van der Waals surface area contributed by atoms with E-state index in [-0.39, 0.29) is 0 Å². The van der Waals surface area contributed by atoms with Crippen molar-refractivity contribution in [2.45, 2.75) is 63.8 Å². The summed E-state index contributed by atoms with van der Waals surface area (Å²) in [5, 5.41) is 0. The lowest BCUT2D eigenvalue weighted by atomic mass is 9.68. The molecule has 1 aromatic rings. The molecule has 1 nitrogen and oxygen atoms in total. The molecule has 0 amide bonds. The molecular formula is C17H25N. The van der Waals surface area contributed by atoms with Crippen molar-refractivity contribution in [2.75, 3.05) is 0 Å². The molecule has 1 saturated carbocycles. The Morgan fingerprint density at radius 2 is 1.83 bits per heavy atom. The van der Waals surface area contributed by atoms with Crippen LogP contribution in [0.4, 0.5) is 0 Å². The maximum Gasteiger partial charge on any atom is 0.0114 e. The van der Waals surface area contributed by atoms with Gasteiger partial charge in [0.15, 0.2) is 0 Å². The summed E-state index contributed by atoms with van der Waals surface area (Å²) in [6, 6.07) is 7.40. The Morgan fingerprint density at radius 1 is 1.06 bits per heavy atom. The number of benzene rings is 1. The van der Waals surface area contributed by atoms with E-state index in [0.29, 0.717) is 12.0 Å². The van der Waals surface area contributed by atoms with Crippen molar-refractivity contribution in [3.05, 3.63) is 34.9 Å². The van der Waals surface area contributed by atoms with Crippen LogP contribution in [0.25, 0.3) is 0 Å².